The third-order valence-corrected chi connectivity index (χ3v) is 8.73. The minimum Gasteiger partial charge on any atom is -0.462 e. The quantitative estimate of drug-likeness (QED) is 0.0274. The highest BCUT2D eigenvalue weighted by Gasteiger charge is 2.19. The van der Waals surface area contributed by atoms with Crippen LogP contribution in [0.1, 0.15) is 194 Å². The summed E-state index contributed by atoms with van der Waals surface area (Å²) in [5.74, 6) is -1.03. The van der Waals surface area contributed by atoms with Gasteiger partial charge in [-0.25, -0.2) is 0 Å². The van der Waals surface area contributed by atoms with Crippen molar-refractivity contribution >= 4 is 17.9 Å². The second-order valence-electron chi connectivity index (χ2n) is 13.9. The number of esters is 3. The van der Waals surface area contributed by atoms with E-state index in [1.54, 1.807) is 0 Å². The van der Waals surface area contributed by atoms with Crippen molar-refractivity contribution in [1.29, 1.82) is 0 Å². The highest BCUT2D eigenvalue weighted by atomic mass is 16.6. The van der Waals surface area contributed by atoms with E-state index in [-0.39, 0.29) is 37.5 Å². The van der Waals surface area contributed by atoms with Crippen molar-refractivity contribution in [3.8, 4) is 0 Å². The standard InChI is InChI=1S/C46H78O6/c1-4-7-10-13-16-19-21-22-23-25-27-30-33-36-39-45(48)51-42-43(41-50-44(47)38-35-32-29-26-18-15-12-9-6-3)52-46(49)40-37-34-31-28-24-20-17-14-11-8-5-2/h8,11,17,20,23,25-26,28-29,31,43H,4-7,9-10,12-16,18-19,21-22,24,27,30,32-42H2,1-3H3/b11-8-,20-17-,25-23-,29-26-,31-28-. The molecule has 0 aliphatic carbocycles. The summed E-state index contributed by atoms with van der Waals surface area (Å²) in [7, 11) is 0. The van der Waals surface area contributed by atoms with Crippen LogP contribution >= 0.6 is 0 Å². The summed E-state index contributed by atoms with van der Waals surface area (Å²) in [6.07, 6.45) is 48.0. The summed E-state index contributed by atoms with van der Waals surface area (Å²) in [5.41, 5.74) is 0. The van der Waals surface area contributed by atoms with Crippen molar-refractivity contribution in [2.75, 3.05) is 13.2 Å². The molecule has 0 aliphatic heterocycles. The van der Waals surface area contributed by atoms with Crippen molar-refractivity contribution in [2.45, 2.75) is 200 Å². The van der Waals surface area contributed by atoms with Gasteiger partial charge >= 0.3 is 17.9 Å². The van der Waals surface area contributed by atoms with Crippen molar-refractivity contribution < 1.29 is 28.6 Å². The molecule has 298 valence electrons. The van der Waals surface area contributed by atoms with Crippen molar-refractivity contribution in [3.63, 3.8) is 0 Å². The lowest BCUT2D eigenvalue weighted by Gasteiger charge is -2.18. The lowest BCUT2D eigenvalue weighted by molar-refractivity contribution is -0.167. The largest absolute Gasteiger partial charge is 0.462 e. The van der Waals surface area contributed by atoms with Gasteiger partial charge in [0.25, 0.3) is 0 Å². The number of carbonyl (C=O) groups is 3. The van der Waals surface area contributed by atoms with Gasteiger partial charge in [0, 0.05) is 19.3 Å². The summed E-state index contributed by atoms with van der Waals surface area (Å²) in [4.78, 5) is 37.5. The van der Waals surface area contributed by atoms with Crippen LogP contribution in [0, 0.1) is 0 Å². The Morgan fingerprint density at radius 1 is 0.404 bits per heavy atom. The van der Waals surface area contributed by atoms with E-state index in [2.05, 4.69) is 81.5 Å². The molecule has 0 saturated carbocycles. The topological polar surface area (TPSA) is 78.9 Å². The van der Waals surface area contributed by atoms with Crippen LogP contribution in [0.3, 0.4) is 0 Å². The first kappa shape index (κ1) is 49.1. The van der Waals surface area contributed by atoms with Gasteiger partial charge in [0.2, 0.25) is 0 Å². The van der Waals surface area contributed by atoms with Gasteiger partial charge in [0.1, 0.15) is 13.2 Å². The predicted octanol–water partition coefficient (Wildman–Crippen LogP) is 13.4. The van der Waals surface area contributed by atoms with Crippen LogP contribution in [0.5, 0.6) is 0 Å². The third-order valence-electron chi connectivity index (χ3n) is 8.73. The minimum absolute atomic E-state index is 0.111. The molecule has 0 saturated heterocycles. The number of hydrogen-bond donors (Lipinski definition) is 0. The SMILES string of the molecule is CC/C=C\C/C=C\C/C=C\CCCC(=O)OC(COC(=O)CCC/C=C\CCCCCC)COC(=O)CCCCC/C=C\CCCCCCCCC. The first-order valence-electron chi connectivity index (χ1n) is 21.3. The molecule has 0 aromatic rings. The molecule has 6 heteroatoms. The average molecular weight is 727 g/mol. The number of carbonyl (C=O) groups excluding carboxylic acids is 3. The van der Waals surface area contributed by atoms with E-state index in [1.165, 1.54) is 70.6 Å². The summed E-state index contributed by atoms with van der Waals surface area (Å²) >= 11 is 0. The van der Waals surface area contributed by atoms with Crippen LogP contribution in [-0.2, 0) is 28.6 Å². The highest BCUT2D eigenvalue weighted by Crippen LogP contribution is 2.11. The molecule has 0 aromatic heterocycles. The molecule has 0 aliphatic rings. The second kappa shape index (κ2) is 40.9. The maximum Gasteiger partial charge on any atom is 0.306 e. The normalized spacial score (nSPS) is 12.6. The van der Waals surface area contributed by atoms with Crippen LogP contribution in [0.15, 0.2) is 60.8 Å². The van der Waals surface area contributed by atoms with E-state index < -0.39 is 6.10 Å². The van der Waals surface area contributed by atoms with Crippen molar-refractivity contribution in [1.82, 2.24) is 0 Å². The molecule has 0 aromatic carbocycles. The summed E-state index contributed by atoms with van der Waals surface area (Å²) < 4.78 is 16.5. The van der Waals surface area contributed by atoms with Crippen molar-refractivity contribution in [3.05, 3.63) is 60.8 Å². The molecule has 0 heterocycles. The maximum atomic E-state index is 12.6. The van der Waals surface area contributed by atoms with Crippen LogP contribution in [-0.4, -0.2) is 37.2 Å². The molecule has 0 fully saturated rings. The number of hydrogen-bond acceptors (Lipinski definition) is 6. The zero-order valence-electron chi connectivity index (χ0n) is 33.8. The lowest BCUT2D eigenvalue weighted by atomic mass is 10.1. The summed E-state index contributed by atoms with van der Waals surface area (Å²) in [6.45, 7) is 6.37. The molecule has 0 amide bonds. The Morgan fingerprint density at radius 2 is 0.769 bits per heavy atom. The zero-order valence-corrected chi connectivity index (χ0v) is 33.8. The zero-order chi connectivity index (χ0) is 38.0. The number of ether oxygens (including phenoxy) is 3. The minimum atomic E-state index is -0.813. The van der Waals surface area contributed by atoms with E-state index in [1.807, 2.05) is 0 Å². The highest BCUT2D eigenvalue weighted by molar-refractivity contribution is 5.71. The molecule has 0 radical (unpaired) electrons. The number of unbranched alkanes of at least 4 members (excludes halogenated alkanes) is 16. The molecule has 1 unspecified atom stereocenters. The Bertz CT molecular complexity index is 975. The van der Waals surface area contributed by atoms with Gasteiger partial charge in [-0.3, -0.25) is 14.4 Å². The summed E-state index contributed by atoms with van der Waals surface area (Å²) in [5, 5.41) is 0. The first-order chi connectivity index (χ1) is 25.5. The summed E-state index contributed by atoms with van der Waals surface area (Å²) in [6, 6.07) is 0. The lowest BCUT2D eigenvalue weighted by Crippen LogP contribution is -2.30. The third kappa shape index (κ3) is 38.3. The predicted molar refractivity (Wildman–Crippen MR) is 219 cm³/mol. The second-order valence-corrected chi connectivity index (χ2v) is 13.9. The molecular formula is C46H78O6. The maximum absolute atomic E-state index is 12.6. The fourth-order valence-corrected chi connectivity index (χ4v) is 5.52. The Hall–Kier alpha value is -2.89. The number of allylic oxidation sites excluding steroid dienone is 10. The molecule has 1 atom stereocenters. The van der Waals surface area contributed by atoms with Crippen LogP contribution in [0.25, 0.3) is 0 Å². The van der Waals surface area contributed by atoms with E-state index >= 15 is 0 Å². The Morgan fingerprint density at radius 3 is 1.29 bits per heavy atom. The molecule has 0 bridgehead atoms. The fraction of sp³-hybridized carbons (Fsp3) is 0.717. The van der Waals surface area contributed by atoms with Gasteiger partial charge in [0.05, 0.1) is 0 Å². The molecule has 0 rings (SSSR count). The first-order valence-corrected chi connectivity index (χ1v) is 21.3. The van der Waals surface area contributed by atoms with Crippen LogP contribution in [0.2, 0.25) is 0 Å². The van der Waals surface area contributed by atoms with E-state index in [0.29, 0.717) is 25.7 Å². The Labute approximate surface area is 320 Å². The van der Waals surface area contributed by atoms with Gasteiger partial charge in [-0.15, -0.1) is 0 Å². The van der Waals surface area contributed by atoms with Gasteiger partial charge in [-0.2, -0.15) is 0 Å². The van der Waals surface area contributed by atoms with E-state index in [9.17, 15) is 14.4 Å². The van der Waals surface area contributed by atoms with Crippen LogP contribution < -0.4 is 0 Å². The molecular weight excluding hydrogens is 648 g/mol. The fourth-order valence-electron chi connectivity index (χ4n) is 5.52. The van der Waals surface area contributed by atoms with Gasteiger partial charge in [0.15, 0.2) is 6.10 Å². The average Bonchev–Trinajstić information content (AvgIpc) is 3.14. The monoisotopic (exact) mass is 727 g/mol. The molecule has 52 heavy (non-hydrogen) atoms. The van der Waals surface area contributed by atoms with E-state index in [0.717, 1.165) is 70.6 Å². The molecule has 0 spiro atoms. The van der Waals surface area contributed by atoms with E-state index in [4.69, 9.17) is 14.2 Å². The van der Waals surface area contributed by atoms with Gasteiger partial charge < -0.3 is 14.2 Å². The van der Waals surface area contributed by atoms with Crippen LogP contribution in [0.4, 0.5) is 0 Å². The Kier molecular flexibility index (Phi) is 38.6. The molecule has 0 N–H and O–H groups in total. The van der Waals surface area contributed by atoms with Gasteiger partial charge in [-0.1, -0.05) is 146 Å². The smallest absolute Gasteiger partial charge is 0.306 e. The molecule has 6 nitrogen and oxygen atoms in total. The van der Waals surface area contributed by atoms with Gasteiger partial charge in [-0.05, 0) is 89.9 Å². The Balaban J connectivity index is 4.48. The number of rotatable bonds is 37. The van der Waals surface area contributed by atoms with Crippen molar-refractivity contribution in [2.24, 2.45) is 0 Å².